The number of nitrogens with zero attached hydrogens (tertiary/aromatic N) is 1. The molecule has 3 N–H and O–H groups in total. The second-order valence-corrected chi connectivity index (χ2v) is 5.39. The molecule has 0 spiro atoms. The van der Waals surface area contributed by atoms with Gasteiger partial charge in [-0.15, -0.1) is 0 Å². The van der Waals surface area contributed by atoms with Crippen molar-refractivity contribution < 1.29 is 4.42 Å². The van der Waals surface area contributed by atoms with Gasteiger partial charge in [-0.3, -0.25) is 5.10 Å². The zero-order valence-corrected chi connectivity index (χ0v) is 12.8. The number of rotatable bonds is 3. The SMILES string of the molecule is CCc1ccc(-c2[nH]nc(N)c2-c2c(Cl)cccc2Cl)o1. The lowest BCUT2D eigenvalue weighted by molar-refractivity contribution is 0.527. The molecule has 6 heteroatoms. The molecule has 2 aromatic heterocycles. The lowest BCUT2D eigenvalue weighted by Gasteiger charge is -2.07. The van der Waals surface area contributed by atoms with Crippen LogP contribution in [-0.4, -0.2) is 10.2 Å². The van der Waals surface area contributed by atoms with Crippen LogP contribution in [0.4, 0.5) is 5.82 Å². The van der Waals surface area contributed by atoms with Crippen molar-refractivity contribution in [3.05, 3.63) is 46.1 Å². The number of H-pyrrole nitrogens is 1. The highest BCUT2D eigenvalue weighted by Crippen LogP contribution is 2.42. The van der Waals surface area contributed by atoms with Crippen molar-refractivity contribution >= 4 is 29.0 Å². The standard InChI is InChI=1S/C15H13Cl2N3O/c1-2-8-6-7-11(21-8)14-13(15(18)20-19-14)12-9(16)4-3-5-10(12)17/h3-7H,2H2,1H3,(H3,18,19,20). The van der Waals surface area contributed by atoms with Gasteiger partial charge in [0, 0.05) is 12.0 Å². The van der Waals surface area contributed by atoms with Crippen molar-refractivity contribution in [3.8, 4) is 22.6 Å². The number of nitrogen functional groups attached to an aromatic ring is 1. The first-order valence-electron chi connectivity index (χ1n) is 6.49. The second kappa shape index (κ2) is 5.47. The fourth-order valence-corrected chi connectivity index (χ4v) is 2.81. The highest BCUT2D eigenvalue weighted by atomic mass is 35.5. The first-order valence-corrected chi connectivity index (χ1v) is 7.24. The summed E-state index contributed by atoms with van der Waals surface area (Å²) in [5.41, 5.74) is 7.96. The third-order valence-corrected chi connectivity index (χ3v) is 3.89. The lowest BCUT2D eigenvalue weighted by Crippen LogP contribution is -1.90. The molecular formula is C15H13Cl2N3O. The van der Waals surface area contributed by atoms with Gasteiger partial charge < -0.3 is 10.2 Å². The summed E-state index contributed by atoms with van der Waals surface area (Å²) < 4.78 is 5.76. The van der Waals surface area contributed by atoms with Crippen molar-refractivity contribution in [1.82, 2.24) is 10.2 Å². The Morgan fingerprint density at radius 3 is 2.48 bits per heavy atom. The topological polar surface area (TPSA) is 67.8 Å². The fraction of sp³-hybridized carbons (Fsp3) is 0.133. The second-order valence-electron chi connectivity index (χ2n) is 4.58. The number of nitrogens with two attached hydrogens (primary N) is 1. The van der Waals surface area contributed by atoms with Gasteiger partial charge in [-0.1, -0.05) is 36.2 Å². The van der Waals surface area contributed by atoms with E-state index in [-0.39, 0.29) is 0 Å². The molecule has 0 radical (unpaired) electrons. The van der Waals surface area contributed by atoms with Crippen LogP contribution in [0.1, 0.15) is 12.7 Å². The number of nitrogens with one attached hydrogen (secondary N) is 1. The first-order chi connectivity index (χ1) is 10.1. The minimum absolute atomic E-state index is 0.328. The van der Waals surface area contributed by atoms with Crippen LogP contribution in [0.3, 0.4) is 0 Å². The molecule has 0 aliphatic heterocycles. The van der Waals surface area contributed by atoms with E-state index in [2.05, 4.69) is 10.2 Å². The van der Waals surface area contributed by atoms with Crippen LogP contribution >= 0.6 is 23.2 Å². The van der Waals surface area contributed by atoms with Gasteiger partial charge in [0.2, 0.25) is 0 Å². The highest BCUT2D eigenvalue weighted by molar-refractivity contribution is 6.39. The largest absolute Gasteiger partial charge is 0.459 e. The smallest absolute Gasteiger partial charge is 0.153 e. The Morgan fingerprint density at radius 1 is 1.14 bits per heavy atom. The third-order valence-electron chi connectivity index (χ3n) is 3.26. The Kier molecular flexibility index (Phi) is 3.66. The summed E-state index contributed by atoms with van der Waals surface area (Å²) in [5, 5.41) is 7.98. The first kappa shape index (κ1) is 14.0. The molecule has 4 nitrogen and oxygen atoms in total. The van der Waals surface area contributed by atoms with E-state index in [0.717, 1.165) is 12.2 Å². The molecule has 21 heavy (non-hydrogen) atoms. The minimum atomic E-state index is 0.328. The summed E-state index contributed by atoms with van der Waals surface area (Å²) >= 11 is 12.5. The summed E-state index contributed by atoms with van der Waals surface area (Å²) in [6, 6.07) is 9.10. The molecule has 0 atom stereocenters. The number of hydrogen-bond acceptors (Lipinski definition) is 3. The Bertz CT molecular complexity index is 772. The van der Waals surface area contributed by atoms with Crippen LogP contribution in [0.15, 0.2) is 34.7 Å². The van der Waals surface area contributed by atoms with Gasteiger partial charge in [0.15, 0.2) is 11.6 Å². The van der Waals surface area contributed by atoms with Crippen molar-refractivity contribution in [2.75, 3.05) is 5.73 Å². The van der Waals surface area contributed by atoms with Crippen LogP contribution in [0, 0.1) is 0 Å². The summed E-state index contributed by atoms with van der Waals surface area (Å²) in [4.78, 5) is 0. The zero-order chi connectivity index (χ0) is 15.0. The van der Waals surface area contributed by atoms with Crippen LogP contribution in [0.5, 0.6) is 0 Å². The van der Waals surface area contributed by atoms with Crippen LogP contribution < -0.4 is 5.73 Å². The Morgan fingerprint density at radius 2 is 1.86 bits per heavy atom. The zero-order valence-electron chi connectivity index (χ0n) is 11.3. The molecule has 0 amide bonds. The number of furan rings is 1. The van der Waals surface area contributed by atoms with E-state index >= 15 is 0 Å². The molecule has 0 aliphatic carbocycles. The molecule has 3 aromatic rings. The van der Waals surface area contributed by atoms with E-state index in [4.69, 9.17) is 33.4 Å². The van der Waals surface area contributed by atoms with E-state index in [0.29, 0.717) is 38.4 Å². The van der Waals surface area contributed by atoms with Crippen LogP contribution in [-0.2, 0) is 6.42 Å². The van der Waals surface area contributed by atoms with Gasteiger partial charge >= 0.3 is 0 Å². The summed E-state index contributed by atoms with van der Waals surface area (Å²) in [6.45, 7) is 2.02. The molecular weight excluding hydrogens is 309 g/mol. The van der Waals surface area contributed by atoms with Gasteiger partial charge in [0.25, 0.3) is 0 Å². The molecule has 0 saturated carbocycles. The molecule has 0 unspecified atom stereocenters. The molecule has 0 saturated heterocycles. The Balaban J connectivity index is 2.22. The van der Waals surface area contributed by atoms with Gasteiger partial charge in [0.1, 0.15) is 11.5 Å². The van der Waals surface area contributed by atoms with E-state index in [1.54, 1.807) is 18.2 Å². The van der Waals surface area contributed by atoms with Crippen molar-refractivity contribution in [3.63, 3.8) is 0 Å². The van der Waals surface area contributed by atoms with Crippen molar-refractivity contribution in [2.45, 2.75) is 13.3 Å². The average Bonchev–Trinajstić information content (AvgIpc) is 3.06. The molecule has 0 bridgehead atoms. The number of aromatic nitrogens is 2. The maximum absolute atomic E-state index is 6.27. The Labute approximate surface area is 131 Å². The Hall–Kier alpha value is -1.91. The van der Waals surface area contributed by atoms with Crippen molar-refractivity contribution in [2.24, 2.45) is 0 Å². The monoisotopic (exact) mass is 321 g/mol. The normalized spacial score (nSPS) is 11.0. The third kappa shape index (κ3) is 2.41. The summed E-state index contributed by atoms with van der Waals surface area (Å²) in [6.07, 6.45) is 0.811. The number of benzene rings is 1. The average molecular weight is 322 g/mol. The number of aryl methyl sites for hydroxylation is 1. The van der Waals surface area contributed by atoms with E-state index in [1.807, 2.05) is 19.1 Å². The molecule has 2 heterocycles. The van der Waals surface area contributed by atoms with Gasteiger partial charge in [-0.2, -0.15) is 5.10 Å². The van der Waals surface area contributed by atoms with Crippen molar-refractivity contribution in [1.29, 1.82) is 0 Å². The summed E-state index contributed by atoms with van der Waals surface area (Å²) in [7, 11) is 0. The van der Waals surface area contributed by atoms with Gasteiger partial charge in [0.05, 0.1) is 15.6 Å². The number of anilines is 1. The fourth-order valence-electron chi connectivity index (χ4n) is 2.23. The number of hydrogen-bond donors (Lipinski definition) is 2. The van der Waals surface area contributed by atoms with E-state index in [1.165, 1.54) is 0 Å². The minimum Gasteiger partial charge on any atom is -0.459 e. The lowest BCUT2D eigenvalue weighted by atomic mass is 10.0. The maximum Gasteiger partial charge on any atom is 0.153 e. The quantitative estimate of drug-likeness (QED) is 0.728. The van der Waals surface area contributed by atoms with Crippen LogP contribution in [0.2, 0.25) is 10.0 Å². The number of aromatic amines is 1. The highest BCUT2D eigenvalue weighted by Gasteiger charge is 2.21. The summed E-state index contributed by atoms with van der Waals surface area (Å²) in [5.74, 6) is 1.87. The molecule has 0 aliphatic rings. The van der Waals surface area contributed by atoms with E-state index < -0.39 is 0 Å². The van der Waals surface area contributed by atoms with Gasteiger partial charge in [-0.25, -0.2) is 0 Å². The molecule has 108 valence electrons. The maximum atomic E-state index is 6.27. The number of halogens is 2. The molecule has 3 rings (SSSR count). The van der Waals surface area contributed by atoms with Crippen LogP contribution in [0.25, 0.3) is 22.6 Å². The predicted octanol–water partition coefficient (Wildman–Crippen LogP) is 4.79. The molecule has 0 fully saturated rings. The van der Waals surface area contributed by atoms with Gasteiger partial charge in [-0.05, 0) is 24.3 Å². The predicted molar refractivity (Wildman–Crippen MR) is 85.5 cm³/mol. The molecule has 1 aromatic carbocycles. The van der Waals surface area contributed by atoms with E-state index in [9.17, 15) is 0 Å².